The molecule has 0 spiro atoms. The fourth-order valence-electron chi connectivity index (χ4n) is 1.49. The molecule has 1 unspecified atom stereocenters. The minimum atomic E-state index is -1.09. The molecule has 0 aliphatic carbocycles. The molecule has 1 aromatic rings. The van der Waals surface area contributed by atoms with Crippen LogP contribution in [0.15, 0.2) is 18.7 Å². The number of nitrogens with zero attached hydrogens (tertiary/aromatic N) is 2. The standard InChI is InChI=1S/C8H13N3O4/c12-3-5-6(13)7(14)8(15-5)10-11-2-1-9-4-11/h1-2,4-8,10,12-14H,3H2/t5-,6-,7-,8?/m1/s1. The van der Waals surface area contributed by atoms with Gasteiger partial charge >= 0.3 is 0 Å². The smallest absolute Gasteiger partial charge is 0.170 e. The van der Waals surface area contributed by atoms with Crippen LogP contribution in [0.25, 0.3) is 0 Å². The Morgan fingerprint density at radius 2 is 2.20 bits per heavy atom. The van der Waals surface area contributed by atoms with Crippen LogP contribution >= 0.6 is 0 Å². The molecule has 1 aromatic heterocycles. The Labute approximate surface area is 85.9 Å². The summed E-state index contributed by atoms with van der Waals surface area (Å²) in [6, 6.07) is 0. The van der Waals surface area contributed by atoms with E-state index in [0.29, 0.717) is 0 Å². The first-order valence-electron chi connectivity index (χ1n) is 4.59. The molecule has 1 aliphatic rings. The second-order valence-electron chi connectivity index (χ2n) is 3.36. The predicted molar refractivity (Wildman–Crippen MR) is 49.3 cm³/mol. The lowest BCUT2D eigenvalue weighted by molar-refractivity contribution is -0.0177. The van der Waals surface area contributed by atoms with Crippen LogP contribution in [0.1, 0.15) is 0 Å². The summed E-state index contributed by atoms with van der Waals surface area (Å²) >= 11 is 0. The number of aliphatic hydroxyl groups is 3. The molecule has 2 rings (SSSR count). The topological polar surface area (TPSA) is 99.8 Å². The maximum Gasteiger partial charge on any atom is 0.170 e. The largest absolute Gasteiger partial charge is 0.394 e. The zero-order valence-electron chi connectivity index (χ0n) is 7.89. The Hall–Kier alpha value is -1.15. The van der Waals surface area contributed by atoms with Crippen LogP contribution in [0, 0.1) is 0 Å². The average Bonchev–Trinajstić information content (AvgIpc) is 2.82. The Morgan fingerprint density at radius 1 is 1.40 bits per heavy atom. The number of imidazole rings is 1. The molecule has 0 bridgehead atoms. The van der Waals surface area contributed by atoms with Crippen LogP contribution in [0.4, 0.5) is 0 Å². The van der Waals surface area contributed by atoms with Crippen molar-refractivity contribution in [3.63, 3.8) is 0 Å². The van der Waals surface area contributed by atoms with E-state index in [1.165, 1.54) is 11.0 Å². The predicted octanol–water partition coefficient (Wildman–Crippen LogP) is -2.13. The lowest BCUT2D eigenvalue weighted by Gasteiger charge is -2.17. The molecule has 0 aromatic carbocycles. The van der Waals surface area contributed by atoms with Crippen molar-refractivity contribution >= 4 is 0 Å². The van der Waals surface area contributed by atoms with E-state index in [-0.39, 0.29) is 6.61 Å². The summed E-state index contributed by atoms with van der Waals surface area (Å²) in [5.74, 6) is 0. The highest BCUT2D eigenvalue weighted by Crippen LogP contribution is 2.19. The Balaban J connectivity index is 1.99. The summed E-state index contributed by atoms with van der Waals surface area (Å²) in [5.41, 5.74) is 2.78. The number of aromatic nitrogens is 2. The van der Waals surface area contributed by atoms with Gasteiger partial charge in [0.2, 0.25) is 0 Å². The van der Waals surface area contributed by atoms with Crippen LogP contribution in [0.3, 0.4) is 0 Å². The van der Waals surface area contributed by atoms with Gasteiger partial charge in [-0.15, -0.1) is 0 Å². The lowest BCUT2D eigenvalue weighted by atomic mass is 10.1. The van der Waals surface area contributed by atoms with Gasteiger partial charge in [-0.2, -0.15) is 0 Å². The van der Waals surface area contributed by atoms with E-state index >= 15 is 0 Å². The maximum atomic E-state index is 9.58. The van der Waals surface area contributed by atoms with Crippen molar-refractivity contribution in [1.29, 1.82) is 0 Å². The highest BCUT2D eigenvalue weighted by molar-refractivity contribution is 4.95. The summed E-state index contributed by atoms with van der Waals surface area (Å²) in [5, 5.41) is 27.9. The van der Waals surface area contributed by atoms with E-state index in [9.17, 15) is 10.2 Å². The van der Waals surface area contributed by atoms with Gasteiger partial charge in [-0.05, 0) is 0 Å². The molecular weight excluding hydrogens is 202 g/mol. The molecule has 1 aliphatic heterocycles. The highest BCUT2D eigenvalue weighted by atomic mass is 16.6. The van der Waals surface area contributed by atoms with Crippen molar-refractivity contribution in [3.05, 3.63) is 18.7 Å². The summed E-state index contributed by atoms with van der Waals surface area (Å²) in [7, 11) is 0. The van der Waals surface area contributed by atoms with Crippen molar-refractivity contribution in [2.45, 2.75) is 24.5 Å². The molecular formula is C8H13N3O4. The van der Waals surface area contributed by atoms with Crippen molar-refractivity contribution in [2.75, 3.05) is 12.0 Å². The fourth-order valence-corrected chi connectivity index (χ4v) is 1.49. The van der Waals surface area contributed by atoms with E-state index in [2.05, 4.69) is 10.4 Å². The van der Waals surface area contributed by atoms with Crippen LogP contribution < -0.4 is 5.43 Å². The molecule has 0 amide bonds. The van der Waals surface area contributed by atoms with E-state index in [4.69, 9.17) is 9.84 Å². The molecule has 1 saturated heterocycles. The Kier molecular flexibility index (Phi) is 2.87. The average molecular weight is 215 g/mol. The normalized spacial score (nSPS) is 35.7. The number of ether oxygens (including phenoxy) is 1. The van der Waals surface area contributed by atoms with Gasteiger partial charge in [0, 0.05) is 12.4 Å². The van der Waals surface area contributed by atoms with Crippen LogP contribution in [-0.2, 0) is 4.74 Å². The first-order chi connectivity index (χ1) is 7.22. The third-order valence-electron chi connectivity index (χ3n) is 2.32. The molecule has 0 radical (unpaired) electrons. The molecule has 4 atom stereocenters. The van der Waals surface area contributed by atoms with E-state index in [1.54, 1.807) is 12.4 Å². The van der Waals surface area contributed by atoms with Crippen molar-refractivity contribution in [3.8, 4) is 0 Å². The van der Waals surface area contributed by atoms with Crippen LogP contribution in [-0.4, -0.2) is 56.1 Å². The van der Waals surface area contributed by atoms with Gasteiger partial charge in [-0.1, -0.05) is 0 Å². The monoisotopic (exact) mass is 215 g/mol. The Morgan fingerprint density at radius 3 is 2.73 bits per heavy atom. The number of hydrogen-bond acceptors (Lipinski definition) is 6. The third-order valence-corrected chi connectivity index (χ3v) is 2.32. The molecule has 0 saturated carbocycles. The number of nitrogens with one attached hydrogen (secondary N) is 1. The van der Waals surface area contributed by atoms with Gasteiger partial charge < -0.3 is 20.1 Å². The number of rotatable bonds is 3. The van der Waals surface area contributed by atoms with Gasteiger partial charge in [0.1, 0.15) is 24.6 Å². The summed E-state index contributed by atoms with van der Waals surface area (Å²) in [6.07, 6.45) is 1.01. The fraction of sp³-hybridized carbons (Fsp3) is 0.625. The van der Waals surface area contributed by atoms with Crippen molar-refractivity contribution < 1.29 is 20.1 Å². The second kappa shape index (κ2) is 4.15. The SMILES string of the molecule is OC[C@H]1OC(Nn2ccnc2)[C@H](O)[C@@H]1O. The molecule has 7 heteroatoms. The highest BCUT2D eigenvalue weighted by Gasteiger charge is 2.42. The van der Waals surface area contributed by atoms with E-state index < -0.39 is 24.5 Å². The molecule has 4 N–H and O–H groups in total. The first kappa shape index (κ1) is 10.4. The summed E-state index contributed by atoms with van der Waals surface area (Å²) in [4.78, 5) is 3.80. The van der Waals surface area contributed by atoms with E-state index in [0.717, 1.165) is 0 Å². The van der Waals surface area contributed by atoms with Gasteiger partial charge in [-0.25, -0.2) is 4.98 Å². The maximum absolute atomic E-state index is 9.58. The quantitative estimate of drug-likeness (QED) is 0.459. The van der Waals surface area contributed by atoms with Crippen LogP contribution in [0.5, 0.6) is 0 Å². The van der Waals surface area contributed by atoms with Gasteiger partial charge in [0.05, 0.1) is 6.61 Å². The first-order valence-corrected chi connectivity index (χ1v) is 4.59. The zero-order valence-corrected chi connectivity index (χ0v) is 7.89. The van der Waals surface area contributed by atoms with E-state index in [1.807, 2.05) is 0 Å². The minimum Gasteiger partial charge on any atom is -0.394 e. The van der Waals surface area contributed by atoms with Crippen molar-refractivity contribution in [2.24, 2.45) is 0 Å². The van der Waals surface area contributed by atoms with Crippen molar-refractivity contribution in [1.82, 2.24) is 9.66 Å². The lowest BCUT2D eigenvalue weighted by Crippen LogP contribution is -2.39. The molecule has 7 nitrogen and oxygen atoms in total. The number of hydrogen-bond donors (Lipinski definition) is 4. The van der Waals surface area contributed by atoms with Crippen LogP contribution in [0.2, 0.25) is 0 Å². The molecule has 2 heterocycles. The van der Waals surface area contributed by atoms with Gasteiger partial charge in [-0.3, -0.25) is 10.1 Å². The second-order valence-corrected chi connectivity index (χ2v) is 3.36. The summed E-state index contributed by atoms with van der Waals surface area (Å²) in [6.45, 7) is -0.333. The summed E-state index contributed by atoms with van der Waals surface area (Å²) < 4.78 is 6.70. The molecule has 1 fully saturated rings. The van der Waals surface area contributed by atoms with Gasteiger partial charge in [0.25, 0.3) is 0 Å². The minimum absolute atomic E-state index is 0.333. The zero-order chi connectivity index (χ0) is 10.8. The Bertz CT molecular complexity index is 305. The van der Waals surface area contributed by atoms with Gasteiger partial charge in [0.15, 0.2) is 6.23 Å². The molecule has 84 valence electrons. The number of aliphatic hydroxyl groups excluding tert-OH is 3. The molecule has 15 heavy (non-hydrogen) atoms. The third kappa shape index (κ3) is 1.95.